The fourth-order valence-electron chi connectivity index (χ4n) is 1.46. The zero-order valence-electron chi connectivity index (χ0n) is 10.1. The van der Waals surface area contributed by atoms with E-state index in [1.54, 1.807) is 13.8 Å². The lowest BCUT2D eigenvalue weighted by molar-refractivity contribution is -0.385. The van der Waals surface area contributed by atoms with E-state index in [2.05, 4.69) is 0 Å². The third-order valence-electron chi connectivity index (χ3n) is 2.77. The zero-order valence-corrected chi connectivity index (χ0v) is 11.7. The molecule has 18 heavy (non-hydrogen) atoms. The third-order valence-corrected chi connectivity index (χ3v) is 3.01. The molecule has 0 spiro atoms. The van der Waals surface area contributed by atoms with Crippen LogP contribution in [0.25, 0.3) is 0 Å². The number of hydrogen-bond donors (Lipinski definition) is 2. The van der Waals surface area contributed by atoms with Crippen molar-refractivity contribution in [1.82, 2.24) is 0 Å². The Kier molecular flexibility index (Phi) is 6.02. The Morgan fingerprint density at radius 1 is 1.56 bits per heavy atom. The topological polar surface area (TPSA) is 89.4 Å². The number of nitro groups is 1. The molecular weight excluding hydrogens is 279 g/mol. The largest absolute Gasteiger partial charge is 0.396 e. The standard InChI is InChI=1S/C11H15ClN2O3.ClH/c1-11(2,6-15)10(13)8-5-7(12)3-4-9(8)14(16)17;/h3-5,10,15H,6,13H2,1-2H3;1H/t10-;/m1./s1. The maximum atomic E-state index is 10.9. The lowest BCUT2D eigenvalue weighted by atomic mass is 9.81. The number of hydrogen-bond acceptors (Lipinski definition) is 4. The van der Waals surface area contributed by atoms with Crippen LogP contribution in [-0.2, 0) is 0 Å². The Balaban J connectivity index is 0.00000289. The molecule has 0 aliphatic heterocycles. The van der Waals surface area contributed by atoms with Crippen LogP contribution in [0.1, 0.15) is 25.5 Å². The van der Waals surface area contributed by atoms with Gasteiger partial charge in [-0.25, -0.2) is 0 Å². The van der Waals surface area contributed by atoms with Gasteiger partial charge in [-0.05, 0) is 12.1 Å². The van der Waals surface area contributed by atoms with E-state index in [0.717, 1.165) is 0 Å². The lowest BCUT2D eigenvalue weighted by Crippen LogP contribution is -2.32. The summed E-state index contributed by atoms with van der Waals surface area (Å²) in [6, 6.07) is 3.58. The fourth-order valence-corrected chi connectivity index (χ4v) is 1.64. The zero-order chi connectivity index (χ0) is 13.2. The Bertz CT molecular complexity index is 438. The molecule has 1 rings (SSSR count). The predicted octanol–water partition coefficient (Wildman–Crippen LogP) is 2.69. The van der Waals surface area contributed by atoms with Gasteiger partial charge >= 0.3 is 0 Å². The van der Waals surface area contributed by atoms with Gasteiger partial charge in [0.05, 0.1) is 4.92 Å². The van der Waals surface area contributed by atoms with Crippen molar-refractivity contribution in [2.45, 2.75) is 19.9 Å². The van der Waals surface area contributed by atoms with E-state index in [1.165, 1.54) is 18.2 Å². The monoisotopic (exact) mass is 294 g/mol. The molecule has 0 radical (unpaired) electrons. The summed E-state index contributed by atoms with van der Waals surface area (Å²) < 4.78 is 0. The highest BCUT2D eigenvalue weighted by molar-refractivity contribution is 6.30. The number of nitrogens with zero attached hydrogens (tertiary/aromatic N) is 1. The van der Waals surface area contributed by atoms with Gasteiger partial charge in [0.2, 0.25) is 0 Å². The van der Waals surface area contributed by atoms with Crippen LogP contribution in [0, 0.1) is 15.5 Å². The SMILES string of the molecule is CC(C)(CO)[C@H](N)c1cc(Cl)ccc1[N+](=O)[O-].Cl. The van der Waals surface area contributed by atoms with E-state index in [0.29, 0.717) is 10.6 Å². The summed E-state index contributed by atoms with van der Waals surface area (Å²) in [7, 11) is 0. The number of benzene rings is 1. The molecule has 0 saturated carbocycles. The summed E-state index contributed by atoms with van der Waals surface area (Å²) >= 11 is 5.82. The van der Waals surface area contributed by atoms with Crippen molar-refractivity contribution >= 4 is 29.7 Å². The molecule has 0 saturated heterocycles. The first-order chi connectivity index (χ1) is 7.79. The highest BCUT2D eigenvalue weighted by Gasteiger charge is 2.31. The van der Waals surface area contributed by atoms with Crippen molar-refractivity contribution in [2.75, 3.05) is 6.61 Å². The van der Waals surface area contributed by atoms with Crippen LogP contribution in [0.5, 0.6) is 0 Å². The summed E-state index contributed by atoms with van der Waals surface area (Å²) in [6.45, 7) is 3.31. The Morgan fingerprint density at radius 2 is 2.11 bits per heavy atom. The van der Waals surface area contributed by atoms with Gasteiger partial charge in [0.15, 0.2) is 0 Å². The van der Waals surface area contributed by atoms with Crippen molar-refractivity contribution in [3.8, 4) is 0 Å². The average molecular weight is 295 g/mol. The molecule has 1 atom stereocenters. The molecular formula is C11H16Cl2N2O3. The normalized spacial score (nSPS) is 12.7. The number of halogens is 2. The van der Waals surface area contributed by atoms with Crippen LogP contribution in [0.3, 0.4) is 0 Å². The van der Waals surface area contributed by atoms with Crippen LogP contribution in [0.2, 0.25) is 5.02 Å². The lowest BCUT2D eigenvalue weighted by Gasteiger charge is -2.29. The second-order valence-electron chi connectivity index (χ2n) is 4.58. The molecule has 7 heteroatoms. The van der Waals surface area contributed by atoms with Crippen molar-refractivity contribution < 1.29 is 10.0 Å². The summed E-state index contributed by atoms with van der Waals surface area (Å²) in [5, 5.41) is 20.5. The van der Waals surface area contributed by atoms with Crippen LogP contribution >= 0.6 is 24.0 Å². The van der Waals surface area contributed by atoms with Gasteiger partial charge in [0.25, 0.3) is 5.69 Å². The number of rotatable bonds is 4. The van der Waals surface area contributed by atoms with Crippen LogP contribution in [0.15, 0.2) is 18.2 Å². The van der Waals surface area contributed by atoms with Crippen molar-refractivity contribution in [3.63, 3.8) is 0 Å². The molecule has 0 aromatic heterocycles. The number of nitro benzene ring substituents is 1. The third kappa shape index (κ3) is 3.55. The fraction of sp³-hybridized carbons (Fsp3) is 0.455. The van der Waals surface area contributed by atoms with E-state index >= 15 is 0 Å². The molecule has 0 unspecified atom stereocenters. The molecule has 102 valence electrons. The van der Waals surface area contributed by atoms with E-state index in [4.69, 9.17) is 17.3 Å². The highest BCUT2D eigenvalue weighted by atomic mass is 35.5. The smallest absolute Gasteiger partial charge is 0.274 e. The van der Waals surface area contributed by atoms with Gasteiger partial charge in [0.1, 0.15) is 0 Å². The molecule has 0 fully saturated rings. The van der Waals surface area contributed by atoms with Crippen molar-refractivity contribution in [2.24, 2.45) is 11.1 Å². The maximum absolute atomic E-state index is 10.9. The van der Waals surface area contributed by atoms with Crippen LogP contribution in [0.4, 0.5) is 5.69 Å². The first kappa shape index (κ1) is 17.1. The summed E-state index contributed by atoms with van der Waals surface area (Å²) in [5.41, 5.74) is 5.57. The Morgan fingerprint density at radius 3 is 2.56 bits per heavy atom. The van der Waals surface area contributed by atoms with Crippen molar-refractivity contribution in [3.05, 3.63) is 38.9 Å². The second kappa shape index (κ2) is 6.33. The van der Waals surface area contributed by atoms with Crippen molar-refractivity contribution in [1.29, 1.82) is 0 Å². The minimum Gasteiger partial charge on any atom is -0.396 e. The van der Waals surface area contributed by atoms with E-state index in [9.17, 15) is 15.2 Å². The minimum absolute atomic E-state index is 0. The molecule has 3 N–H and O–H groups in total. The number of nitrogens with two attached hydrogens (primary N) is 1. The van der Waals surface area contributed by atoms with Gasteiger partial charge in [-0.3, -0.25) is 10.1 Å². The van der Waals surface area contributed by atoms with Crippen LogP contribution < -0.4 is 5.73 Å². The van der Waals surface area contributed by atoms with Crippen LogP contribution in [-0.4, -0.2) is 16.6 Å². The molecule has 1 aromatic carbocycles. The molecule has 0 heterocycles. The van der Waals surface area contributed by atoms with Gasteiger partial charge in [-0.1, -0.05) is 25.4 Å². The molecule has 0 amide bonds. The minimum atomic E-state index is -0.661. The first-order valence-corrected chi connectivity index (χ1v) is 5.47. The predicted molar refractivity (Wildman–Crippen MR) is 73.1 cm³/mol. The van der Waals surface area contributed by atoms with E-state index in [-0.39, 0.29) is 24.7 Å². The van der Waals surface area contributed by atoms with E-state index < -0.39 is 16.4 Å². The Labute approximate surface area is 116 Å². The summed E-state index contributed by atoms with van der Waals surface area (Å²) in [4.78, 5) is 10.4. The molecule has 0 aliphatic carbocycles. The highest BCUT2D eigenvalue weighted by Crippen LogP contribution is 2.36. The molecule has 0 bridgehead atoms. The quantitative estimate of drug-likeness (QED) is 0.660. The number of aliphatic hydroxyl groups is 1. The average Bonchev–Trinajstić information content (AvgIpc) is 2.27. The molecule has 1 aromatic rings. The maximum Gasteiger partial charge on any atom is 0.274 e. The number of aliphatic hydroxyl groups excluding tert-OH is 1. The first-order valence-electron chi connectivity index (χ1n) is 5.10. The van der Waals surface area contributed by atoms with Gasteiger partial charge in [-0.15, -0.1) is 12.4 Å². The summed E-state index contributed by atoms with van der Waals surface area (Å²) in [6.07, 6.45) is 0. The Hall–Kier alpha value is -0.880. The molecule has 0 aliphatic rings. The van der Waals surface area contributed by atoms with Gasteiger partial charge in [0, 0.05) is 34.7 Å². The van der Waals surface area contributed by atoms with Gasteiger partial charge in [-0.2, -0.15) is 0 Å². The van der Waals surface area contributed by atoms with E-state index in [1.807, 2.05) is 0 Å². The summed E-state index contributed by atoms with van der Waals surface area (Å²) in [5.74, 6) is 0. The van der Waals surface area contributed by atoms with Gasteiger partial charge < -0.3 is 10.8 Å². The molecule has 5 nitrogen and oxygen atoms in total. The second-order valence-corrected chi connectivity index (χ2v) is 5.02.